The first kappa shape index (κ1) is 20.1. The molecule has 0 radical (unpaired) electrons. The zero-order valence-electron chi connectivity index (χ0n) is 15.6. The van der Waals surface area contributed by atoms with Gasteiger partial charge in [-0.2, -0.15) is 0 Å². The van der Waals surface area contributed by atoms with Crippen LogP contribution in [-0.4, -0.2) is 55.6 Å². The number of rotatable bonds is 8. The van der Waals surface area contributed by atoms with Crippen molar-refractivity contribution in [3.05, 3.63) is 23.8 Å². The van der Waals surface area contributed by atoms with E-state index in [0.717, 1.165) is 56.9 Å². The van der Waals surface area contributed by atoms with Gasteiger partial charge in [0.2, 0.25) is 0 Å². The van der Waals surface area contributed by atoms with Gasteiger partial charge in [-0.3, -0.25) is 4.90 Å². The van der Waals surface area contributed by atoms with Crippen LogP contribution < -0.4 is 10.6 Å². The quantitative estimate of drug-likeness (QED) is 0.544. The van der Waals surface area contributed by atoms with E-state index in [2.05, 4.69) is 41.5 Å². The standard InChI is InChI=1S/C19H31N3O2S/c1-4-16(3)25-17-6-7-18(15(2)14-17)21-19(23)20-8-5-9-22-10-12-24-13-11-22/h6-7,14,16H,4-5,8-13H2,1-3H3,(H2,20,21,23). The molecule has 0 aliphatic carbocycles. The van der Waals surface area contributed by atoms with E-state index in [9.17, 15) is 4.79 Å². The van der Waals surface area contributed by atoms with Crippen LogP contribution in [0.15, 0.2) is 23.1 Å². The third-order valence-electron chi connectivity index (χ3n) is 4.40. The third kappa shape index (κ3) is 7.26. The van der Waals surface area contributed by atoms with Crippen molar-refractivity contribution < 1.29 is 9.53 Å². The normalized spacial score (nSPS) is 16.4. The van der Waals surface area contributed by atoms with Gasteiger partial charge < -0.3 is 15.4 Å². The van der Waals surface area contributed by atoms with Crippen LogP contribution in [0.1, 0.15) is 32.3 Å². The van der Waals surface area contributed by atoms with Gasteiger partial charge in [-0.15, -0.1) is 11.8 Å². The van der Waals surface area contributed by atoms with Crippen LogP contribution >= 0.6 is 11.8 Å². The molecule has 2 rings (SSSR count). The van der Waals surface area contributed by atoms with Crippen molar-refractivity contribution >= 4 is 23.5 Å². The molecular weight excluding hydrogens is 334 g/mol. The summed E-state index contributed by atoms with van der Waals surface area (Å²) < 4.78 is 5.33. The van der Waals surface area contributed by atoms with E-state index in [0.29, 0.717) is 11.8 Å². The van der Waals surface area contributed by atoms with E-state index in [1.165, 1.54) is 4.90 Å². The molecule has 1 unspecified atom stereocenters. The maximum atomic E-state index is 12.1. The number of anilines is 1. The Labute approximate surface area is 155 Å². The van der Waals surface area contributed by atoms with Crippen LogP contribution in [0.5, 0.6) is 0 Å². The summed E-state index contributed by atoms with van der Waals surface area (Å²) in [6.07, 6.45) is 2.10. The minimum absolute atomic E-state index is 0.132. The lowest BCUT2D eigenvalue weighted by Gasteiger charge is -2.26. The predicted octanol–water partition coefficient (Wildman–Crippen LogP) is 3.73. The van der Waals surface area contributed by atoms with Gasteiger partial charge in [-0.1, -0.05) is 13.8 Å². The summed E-state index contributed by atoms with van der Waals surface area (Å²) in [4.78, 5) is 15.7. The lowest BCUT2D eigenvalue weighted by Crippen LogP contribution is -2.38. The van der Waals surface area contributed by atoms with Gasteiger partial charge in [0.15, 0.2) is 0 Å². The highest BCUT2D eigenvalue weighted by Gasteiger charge is 2.10. The Morgan fingerprint density at radius 3 is 2.80 bits per heavy atom. The largest absolute Gasteiger partial charge is 0.379 e. The molecule has 0 aromatic heterocycles. The van der Waals surface area contributed by atoms with Crippen LogP contribution in [0, 0.1) is 6.92 Å². The second kappa shape index (κ2) is 10.7. The first-order chi connectivity index (χ1) is 12.1. The molecule has 2 N–H and O–H groups in total. The van der Waals surface area contributed by atoms with Crippen molar-refractivity contribution in [3.8, 4) is 0 Å². The maximum Gasteiger partial charge on any atom is 0.319 e. The first-order valence-electron chi connectivity index (χ1n) is 9.20. The summed E-state index contributed by atoms with van der Waals surface area (Å²) >= 11 is 1.87. The van der Waals surface area contributed by atoms with Crippen LogP contribution in [0.25, 0.3) is 0 Å². The summed E-state index contributed by atoms with van der Waals surface area (Å²) in [6.45, 7) is 11.8. The molecule has 0 spiro atoms. The zero-order chi connectivity index (χ0) is 18.1. The van der Waals surface area contributed by atoms with E-state index >= 15 is 0 Å². The van der Waals surface area contributed by atoms with Crippen molar-refractivity contribution in [1.29, 1.82) is 0 Å². The number of ether oxygens (including phenoxy) is 1. The fourth-order valence-corrected chi connectivity index (χ4v) is 3.68. The van der Waals surface area contributed by atoms with Crippen molar-refractivity contribution in [2.45, 2.75) is 43.8 Å². The second-order valence-corrected chi connectivity index (χ2v) is 8.01. The summed E-state index contributed by atoms with van der Waals surface area (Å²) in [7, 11) is 0. The molecule has 1 saturated heterocycles. The highest BCUT2D eigenvalue weighted by Crippen LogP contribution is 2.28. The number of morpholine rings is 1. The predicted molar refractivity (Wildman–Crippen MR) is 106 cm³/mol. The minimum Gasteiger partial charge on any atom is -0.379 e. The average molecular weight is 366 g/mol. The highest BCUT2D eigenvalue weighted by atomic mass is 32.2. The molecule has 1 atom stereocenters. The van der Waals surface area contributed by atoms with Gasteiger partial charge in [0.05, 0.1) is 13.2 Å². The Hall–Kier alpha value is -1.24. The fraction of sp³-hybridized carbons (Fsp3) is 0.632. The molecule has 1 aliphatic heterocycles. The molecule has 1 aromatic carbocycles. The fourth-order valence-electron chi connectivity index (χ4n) is 2.66. The number of aryl methyl sites for hydroxylation is 1. The van der Waals surface area contributed by atoms with Crippen LogP contribution in [0.3, 0.4) is 0 Å². The van der Waals surface area contributed by atoms with E-state index in [4.69, 9.17) is 4.74 Å². The molecule has 140 valence electrons. The molecule has 1 aliphatic rings. The van der Waals surface area contributed by atoms with E-state index in [1.54, 1.807) is 0 Å². The Morgan fingerprint density at radius 2 is 2.12 bits per heavy atom. The number of hydrogen-bond acceptors (Lipinski definition) is 4. The van der Waals surface area contributed by atoms with Crippen LogP contribution in [0.2, 0.25) is 0 Å². The van der Waals surface area contributed by atoms with Gasteiger partial charge in [-0.05, 0) is 50.1 Å². The molecule has 1 heterocycles. The summed E-state index contributed by atoms with van der Waals surface area (Å²) in [5.74, 6) is 0. The minimum atomic E-state index is -0.132. The molecule has 0 bridgehead atoms. The number of carbonyl (C=O) groups is 1. The van der Waals surface area contributed by atoms with Gasteiger partial charge >= 0.3 is 6.03 Å². The van der Waals surface area contributed by atoms with Gasteiger partial charge in [0.25, 0.3) is 0 Å². The van der Waals surface area contributed by atoms with Crippen LogP contribution in [0.4, 0.5) is 10.5 Å². The number of nitrogens with one attached hydrogen (secondary N) is 2. The van der Waals surface area contributed by atoms with Crippen molar-refractivity contribution in [2.24, 2.45) is 0 Å². The number of hydrogen-bond donors (Lipinski definition) is 2. The number of urea groups is 1. The summed E-state index contributed by atoms with van der Waals surface area (Å²) in [5.41, 5.74) is 1.97. The highest BCUT2D eigenvalue weighted by molar-refractivity contribution is 7.99. The van der Waals surface area contributed by atoms with Gasteiger partial charge in [-0.25, -0.2) is 4.79 Å². The average Bonchev–Trinajstić information content (AvgIpc) is 2.62. The summed E-state index contributed by atoms with van der Waals surface area (Å²) in [6, 6.07) is 6.09. The number of nitrogens with zero attached hydrogens (tertiary/aromatic N) is 1. The SMILES string of the molecule is CCC(C)Sc1ccc(NC(=O)NCCCN2CCOCC2)c(C)c1. The van der Waals surface area contributed by atoms with Crippen molar-refractivity contribution in [1.82, 2.24) is 10.2 Å². The number of thioether (sulfide) groups is 1. The Kier molecular flexibility index (Phi) is 8.58. The van der Waals surface area contributed by atoms with Gasteiger partial charge in [0.1, 0.15) is 0 Å². The molecule has 1 fully saturated rings. The Bertz CT molecular complexity index is 547. The first-order valence-corrected chi connectivity index (χ1v) is 10.1. The molecule has 5 nitrogen and oxygen atoms in total. The molecule has 6 heteroatoms. The monoisotopic (exact) mass is 365 g/mol. The van der Waals surface area contributed by atoms with E-state index in [-0.39, 0.29) is 6.03 Å². The molecular formula is C19H31N3O2S. The molecule has 2 amide bonds. The van der Waals surface area contributed by atoms with Crippen molar-refractivity contribution in [3.63, 3.8) is 0 Å². The Balaban J connectivity index is 1.70. The maximum absolute atomic E-state index is 12.1. The summed E-state index contributed by atoms with van der Waals surface area (Å²) in [5, 5.41) is 6.50. The lowest BCUT2D eigenvalue weighted by atomic mass is 10.2. The topological polar surface area (TPSA) is 53.6 Å². The number of benzene rings is 1. The number of carbonyl (C=O) groups excluding carboxylic acids is 1. The second-order valence-electron chi connectivity index (χ2n) is 6.50. The number of amides is 2. The van der Waals surface area contributed by atoms with Gasteiger partial charge in [0, 0.05) is 35.5 Å². The molecule has 1 aromatic rings. The van der Waals surface area contributed by atoms with Crippen LogP contribution in [-0.2, 0) is 4.74 Å². The Morgan fingerprint density at radius 1 is 1.36 bits per heavy atom. The smallest absolute Gasteiger partial charge is 0.319 e. The molecule has 25 heavy (non-hydrogen) atoms. The lowest BCUT2D eigenvalue weighted by molar-refractivity contribution is 0.0375. The van der Waals surface area contributed by atoms with Crippen molar-refractivity contribution in [2.75, 3.05) is 44.7 Å². The molecule has 0 saturated carbocycles. The third-order valence-corrected chi connectivity index (χ3v) is 5.66. The zero-order valence-corrected chi connectivity index (χ0v) is 16.5. The van der Waals surface area contributed by atoms with E-state index in [1.807, 2.05) is 24.8 Å². The van der Waals surface area contributed by atoms with E-state index < -0.39 is 0 Å².